The van der Waals surface area contributed by atoms with Crippen LogP contribution in [0, 0.1) is 5.92 Å². The van der Waals surface area contributed by atoms with Crippen LogP contribution in [0.4, 0.5) is 4.79 Å². The van der Waals surface area contributed by atoms with Gasteiger partial charge in [0.2, 0.25) is 0 Å². The molecule has 1 fully saturated rings. The lowest BCUT2D eigenvalue weighted by Crippen LogP contribution is -2.57. The number of amides is 2. The zero-order chi connectivity index (χ0) is 16.0. The molecular formula is C16H30N2O3. The minimum absolute atomic E-state index is 0.105. The van der Waals surface area contributed by atoms with Crippen LogP contribution in [0.3, 0.4) is 0 Å². The van der Waals surface area contributed by atoms with Crippen molar-refractivity contribution >= 4 is 12.0 Å². The molecule has 21 heavy (non-hydrogen) atoms. The van der Waals surface area contributed by atoms with Crippen molar-refractivity contribution < 1.29 is 14.7 Å². The highest BCUT2D eigenvalue weighted by Gasteiger charge is 2.49. The van der Waals surface area contributed by atoms with Crippen LogP contribution in [0.5, 0.6) is 0 Å². The van der Waals surface area contributed by atoms with Crippen LogP contribution in [0.1, 0.15) is 59.8 Å². The SMILES string of the molecule is CCC(CC)CN(CC)C(=O)N1CCCC1(CC)C(=O)O. The summed E-state index contributed by atoms with van der Waals surface area (Å²) in [6.45, 7) is 10.00. The molecule has 1 N–H and O–H groups in total. The van der Waals surface area contributed by atoms with Crippen LogP contribution in [-0.2, 0) is 4.79 Å². The largest absolute Gasteiger partial charge is 0.479 e. The predicted octanol–water partition coefficient (Wildman–Crippen LogP) is 3.19. The lowest BCUT2D eigenvalue weighted by Gasteiger charge is -2.38. The number of likely N-dealkylation sites (tertiary alicyclic amines) is 1. The molecule has 0 aromatic heterocycles. The molecule has 0 radical (unpaired) electrons. The van der Waals surface area contributed by atoms with Gasteiger partial charge in [0, 0.05) is 19.6 Å². The second-order valence-corrected chi connectivity index (χ2v) is 5.95. The van der Waals surface area contributed by atoms with Crippen molar-refractivity contribution in [3.8, 4) is 0 Å². The normalized spacial score (nSPS) is 21.9. The molecule has 5 nitrogen and oxygen atoms in total. The lowest BCUT2D eigenvalue weighted by atomic mass is 9.93. The van der Waals surface area contributed by atoms with Crippen molar-refractivity contribution in [2.45, 2.75) is 65.3 Å². The first-order chi connectivity index (χ1) is 9.96. The topological polar surface area (TPSA) is 60.9 Å². The molecule has 0 aromatic carbocycles. The lowest BCUT2D eigenvalue weighted by molar-refractivity contribution is -0.148. The van der Waals surface area contributed by atoms with E-state index in [-0.39, 0.29) is 6.03 Å². The summed E-state index contributed by atoms with van der Waals surface area (Å²) in [4.78, 5) is 27.9. The Kier molecular flexibility index (Phi) is 6.49. The van der Waals surface area contributed by atoms with E-state index in [1.54, 1.807) is 4.90 Å². The zero-order valence-corrected chi connectivity index (χ0v) is 13.9. The molecular weight excluding hydrogens is 268 g/mol. The molecule has 0 saturated carbocycles. The standard InChI is InChI=1S/C16H30N2O3/c1-5-13(6-2)12-17(8-4)15(21)18-11-9-10-16(18,7-3)14(19)20/h13H,5-12H2,1-4H3,(H,19,20). The minimum atomic E-state index is -1.00. The van der Waals surface area contributed by atoms with Crippen LogP contribution in [0.2, 0.25) is 0 Å². The first kappa shape index (κ1) is 17.8. The van der Waals surface area contributed by atoms with Gasteiger partial charge in [-0.25, -0.2) is 9.59 Å². The van der Waals surface area contributed by atoms with E-state index in [0.29, 0.717) is 31.8 Å². The van der Waals surface area contributed by atoms with Gasteiger partial charge in [0.1, 0.15) is 5.54 Å². The van der Waals surface area contributed by atoms with Gasteiger partial charge < -0.3 is 14.9 Å². The van der Waals surface area contributed by atoms with Crippen LogP contribution in [0.15, 0.2) is 0 Å². The van der Waals surface area contributed by atoms with Crippen molar-refractivity contribution in [1.29, 1.82) is 0 Å². The number of hydrogen-bond acceptors (Lipinski definition) is 2. The molecule has 1 saturated heterocycles. The number of rotatable bonds is 7. The quantitative estimate of drug-likeness (QED) is 0.785. The van der Waals surface area contributed by atoms with Gasteiger partial charge in [0.25, 0.3) is 0 Å². The Bertz CT molecular complexity index is 369. The summed E-state index contributed by atoms with van der Waals surface area (Å²) in [6.07, 6.45) is 3.88. The molecule has 1 heterocycles. The summed E-state index contributed by atoms with van der Waals surface area (Å²) in [6, 6.07) is -0.105. The molecule has 0 bridgehead atoms. The van der Waals surface area contributed by atoms with Crippen molar-refractivity contribution in [2.75, 3.05) is 19.6 Å². The number of urea groups is 1. The zero-order valence-electron chi connectivity index (χ0n) is 13.9. The third kappa shape index (κ3) is 3.50. The molecule has 1 unspecified atom stereocenters. The van der Waals surface area contributed by atoms with Crippen molar-refractivity contribution in [1.82, 2.24) is 9.80 Å². The predicted molar refractivity (Wildman–Crippen MR) is 83.3 cm³/mol. The number of carboxylic acid groups (broad SMARTS) is 1. The third-order valence-corrected chi connectivity index (χ3v) is 4.99. The molecule has 0 aromatic rings. The molecule has 2 amide bonds. The van der Waals surface area contributed by atoms with Crippen molar-refractivity contribution in [3.63, 3.8) is 0 Å². The first-order valence-electron chi connectivity index (χ1n) is 8.26. The number of hydrogen-bond donors (Lipinski definition) is 1. The highest BCUT2D eigenvalue weighted by Crippen LogP contribution is 2.33. The second kappa shape index (κ2) is 7.66. The fourth-order valence-corrected chi connectivity index (χ4v) is 3.27. The average molecular weight is 298 g/mol. The molecule has 122 valence electrons. The smallest absolute Gasteiger partial charge is 0.329 e. The molecule has 0 spiro atoms. The maximum atomic E-state index is 12.8. The van der Waals surface area contributed by atoms with Gasteiger partial charge in [0.05, 0.1) is 0 Å². The molecule has 0 aliphatic carbocycles. The Balaban J connectivity index is 2.90. The van der Waals surface area contributed by atoms with E-state index in [9.17, 15) is 14.7 Å². The van der Waals surface area contributed by atoms with Gasteiger partial charge >= 0.3 is 12.0 Å². The number of nitrogens with zero attached hydrogens (tertiary/aromatic N) is 2. The Morgan fingerprint density at radius 3 is 2.29 bits per heavy atom. The summed E-state index contributed by atoms with van der Waals surface area (Å²) in [5, 5.41) is 9.60. The number of carboxylic acids is 1. The van der Waals surface area contributed by atoms with Crippen LogP contribution < -0.4 is 0 Å². The molecule has 1 aliphatic rings. The van der Waals surface area contributed by atoms with E-state index in [1.165, 1.54) is 0 Å². The van der Waals surface area contributed by atoms with Gasteiger partial charge in [0.15, 0.2) is 0 Å². The Morgan fingerprint density at radius 1 is 1.24 bits per heavy atom. The maximum absolute atomic E-state index is 12.8. The average Bonchev–Trinajstić information content (AvgIpc) is 2.93. The number of carbonyl (C=O) groups excluding carboxylic acids is 1. The fourth-order valence-electron chi connectivity index (χ4n) is 3.27. The maximum Gasteiger partial charge on any atom is 0.329 e. The highest BCUT2D eigenvalue weighted by atomic mass is 16.4. The van der Waals surface area contributed by atoms with Gasteiger partial charge in [-0.2, -0.15) is 0 Å². The molecule has 1 rings (SSSR count). The summed E-state index contributed by atoms with van der Waals surface area (Å²) in [5.74, 6) is -0.383. The Hall–Kier alpha value is -1.26. The summed E-state index contributed by atoms with van der Waals surface area (Å²) in [7, 11) is 0. The van der Waals surface area contributed by atoms with E-state index in [4.69, 9.17) is 0 Å². The van der Waals surface area contributed by atoms with E-state index < -0.39 is 11.5 Å². The van der Waals surface area contributed by atoms with Crippen molar-refractivity contribution in [3.05, 3.63) is 0 Å². The fraction of sp³-hybridized carbons (Fsp3) is 0.875. The summed E-state index contributed by atoms with van der Waals surface area (Å²) >= 11 is 0. The van der Waals surface area contributed by atoms with Crippen LogP contribution in [-0.4, -0.2) is 52.1 Å². The van der Waals surface area contributed by atoms with E-state index in [0.717, 1.165) is 25.8 Å². The van der Waals surface area contributed by atoms with Gasteiger partial charge in [-0.1, -0.05) is 33.6 Å². The number of carbonyl (C=O) groups is 2. The van der Waals surface area contributed by atoms with Crippen LogP contribution >= 0.6 is 0 Å². The van der Waals surface area contributed by atoms with E-state index in [1.807, 2.05) is 18.7 Å². The van der Waals surface area contributed by atoms with Gasteiger partial charge in [-0.3, -0.25) is 0 Å². The monoisotopic (exact) mass is 298 g/mol. The number of aliphatic carboxylic acids is 1. The van der Waals surface area contributed by atoms with Gasteiger partial charge in [-0.15, -0.1) is 0 Å². The molecule has 1 aliphatic heterocycles. The van der Waals surface area contributed by atoms with Crippen LogP contribution in [0.25, 0.3) is 0 Å². The molecule has 1 atom stereocenters. The van der Waals surface area contributed by atoms with E-state index in [2.05, 4.69) is 13.8 Å². The third-order valence-electron chi connectivity index (χ3n) is 4.99. The van der Waals surface area contributed by atoms with Crippen molar-refractivity contribution in [2.24, 2.45) is 5.92 Å². The summed E-state index contributed by atoms with van der Waals surface area (Å²) in [5.41, 5.74) is -1.00. The van der Waals surface area contributed by atoms with Gasteiger partial charge in [-0.05, 0) is 32.1 Å². The first-order valence-corrected chi connectivity index (χ1v) is 8.26. The summed E-state index contributed by atoms with van der Waals surface area (Å²) < 4.78 is 0. The molecule has 5 heteroatoms. The Morgan fingerprint density at radius 2 is 1.86 bits per heavy atom. The Labute approximate surface area is 128 Å². The minimum Gasteiger partial charge on any atom is -0.479 e. The second-order valence-electron chi connectivity index (χ2n) is 5.95. The highest BCUT2D eigenvalue weighted by molar-refractivity contribution is 5.87. The van der Waals surface area contributed by atoms with E-state index >= 15 is 0 Å².